The summed E-state index contributed by atoms with van der Waals surface area (Å²) in [6, 6.07) is 6.88. The highest BCUT2D eigenvalue weighted by molar-refractivity contribution is 7.89. The Morgan fingerprint density at radius 2 is 1.97 bits per heavy atom. The van der Waals surface area contributed by atoms with E-state index in [0.29, 0.717) is 23.8 Å². The lowest BCUT2D eigenvalue weighted by atomic mass is 10.0. The molecule has 8 heteroatoms. The van der Waals surface area contributed by atoms with E-state index in [1.165, 1.54) is 4.31 Å². The normalized spacial score (nSPS) is 16.2. The number of imidazole rings is 1. The maximum absolute atomic E-state index is 13.4. The van der Waals surface area contributed by atoms with E-state index >= 15 is 0 Å². The number of carbonyl (C=O) groups excluding carboxylic acids is 1. The second-order valence-corrected chi connectivity index (χ2v) is 10.5. The van der Waals surface area contributed by atoms with Gasteiger partial charge in [0.2, 0.25) is 10.0 Å². The molecular formula is C21H30N4O3S. The van der Waals surface area contributed by atoms with Crippen LogP contribution in [0.1, 0.15) is 63.6 Å². The zero-order chi connectivity index (χ0) is 21.4. The minimum absolute atomic E-state index is 0.110. The van der Waals surface area contributed by atoms with Crippen LogP contribution in [0.4, 0.5) is 0 Å². The van der Waals surface area contributed by atoms with Crippen molar-refractivity contribution in [1.82, 2.24) is 19.2 Å². The summed E-state index contributed by atoms with van der Waals surface area (Å²) in [6.07, 6.45) is 3.05. The summed E-state index contributed by atoms with van der Waals surface area (Å²) in [6.45, 7) is 10.5. The van der Waals surface area contributed by atoms with Gasteiger partial charge in [0.05, 0.1) is 17.9 Å². The van der Waals surface area contributed by atoms with E-state index in [-0.39, 0.29) is 28.6 Å². The van der Waals surface area contributed by atoms with Gasteiger partial charge in [-0.15, -0.1) is 0 Å². The predicted molar refractivity (Wildman–Crippen MR) is 112 cm³/mol. The molecule has 1 aliphatic rings. The lowest BCUT2D eigenvalue weighted by molar-refractivity contribution is 0.0904. The monoisotopic (exact) mass is 418 g/mol. The van der Waals surface area contributed by atoms with Crippen LogP contribution in [0.5, 0.6) is 0 Å². The Bertz CT molecular complexity index is 1010. The van der Waals surface area contributed by atoms with Crippen LogP contribution in [0.15, 0.2) is 35.5 Å². The van der Waals surface area contributed by atoms with E-state index in [9.17, 15) is 13.2 Å². The number of nitrogens with one attached hydrogen (secondary N) is 1. The van der Waals surface area contributed by atoms with E-state index in [0.717, 1.165) is 12.8 Å². The van der Waals surface area contributed by atoms with Crippen molar-refractivity contribution in [2.75, 3.05) is 6.54 Å². The number of sulfonamides is 1. The van der Waals surface area contributed by atoms with Gasteiger partial charge in [0.15, 0.2) is 5.69 Å². The molecule has 1 aromatic heterocycles. The Hall–Kier alpha value is -2.19. The minimum atomic E-state index is -3.68. The van der Waals surface area contributed by atoms with Crippen LogP contribution < -0.4 is 5.32 Å². The van der Waals surface area contributed by atoms with Crippen molar-refractivity contribution < 1.29 is 13.2 Å². The van der Waals surface area contributed by atoms with Crippen LogP contribution in [0.2, 0.25) is 0 Å². The predicted octanol–water partition coefficient (Wildman–Crippen LogP) is 3.34. The third kappa shape index (κ3) is 4.23. The van der Waals surface area contributed by atoms with Crippen molar-refractivity contribution >= 4 is 15.9 Å². The standard InChI is InChI=1S/C21H30N4O3S/c1-6-21(4,5)23-20(26)19-17-13-24(12-11-15(2)3)29(27,28)18-10-8-7-9-16(18)25(17)14-22-19/h7-10,14-15H,6,11-13H2,1-5H3,(H,23,26). The number of hydrogen-bond acceptors (Lipinski definition) is 4. The third-order valence-electron chi connectivity index (χ3n) is 5.44. The first-order chi connectivity index (χ1) is 13.6. The average molecular weight is 419 g/mol. The minimum Gasteiger partial charge on any atom is -0.346 e. The molecule has 3 rings (SSSR count). The molecule has 0 aliphatic carbocycles. The maximum atomic E-state index is 13.4. The second kappa shape index (κ2) is 7.91. The van der Waals surface area contributed by atoms with Crippen molar-refractivity contribution in [2.24, 2.45) is 5.92 Å². The van der Waals surface area contributed by atoms with Crippen molar-refractivity contribution in [3.8, 4) is 5.69 Å². The summed E-state index contributed by atoms with van der Waals surface area (Å²) in [5.41, 5.74) is 1.01. The number of benzene rings is 1. The molecule has 7 nitrogen and oxygen atoms in total. The van der Waals surface area contributed by atoms with Gasteiger partial charge in [-0.1, -0.05) is 32.9 Å². The van der Waals surface area contributed by atoms with Crippen LogP contribution in [0.3, 0.4) is 0 Å². The SMILES string of the molecule is CCC(C)(C)NC(=O)c1ncn2c1CN(CCC(C)C)S(=O)(=O)c1ccccc1-2. The molecular weight excluding hydrogens is 388 g/mol. The molecule has 2 heterocycles. The zero-order valence-corrected chi connectivity index (χ0v) is 18.6. The van der Waals surface area contributed by atoms with E-state index in [4.69, 9.17) is 0 Å². The van der Waals surface area contributed by atoms with Crippen LogP contribution in [-0.4, -0.2) is 40.3 Å². The molecule has 1 amide bonds. The molecule has 1 N–H and O–H groups in total. The van der Waals surface area contributed by atoms with E-state index in [1.807, 2.05) is 20.8 Å². The summed E-state index contributed by atoms with van der Waals surface area (Å²) in [5, 5.41) is 3.01. The largest absolute Gasteiger partial charge is 0.346 e. The molecule has 1 aromatic carbocycles. The average Bonchev–Trinajstić information content (AvgIpc) is 3.04. The Balaban J connectivity index is 2.11. The molecule has 0 saturated carbocycles. The first-order valence-corrected chi connectivity index (χ1v) is 11.5. The molecule has 29 heavy (non-hydrogen) atoms. The first-order valence-electron chi connectivity index (χ1n) is 10.0. The number of rotatable bonds is 6. The molecule has 0 fully saturated rings. The van der Waals surface area contributed by atoms with Gasteiger partial charge in [-0.05, 0) is 44.7 Å². The summed E-state index contributed by atoms with van der Waals surface area (Å²) in [7, 11) is -3.68. The van der Waals surface area contributed by atoms with Gasteiger partial charge < -0.3 is 5.32 Å². The molecule has 0 unspecified atom stereocenters. The summed E-state index contributed by atoms with van der Waals surface area (Å²) >= 11 is 0. The quantitative estimate of drug-likeness (QED) is 0.780. The zero-order valence-electron chi connectivity index (χ0n) is 17.8. The summed E-state index contributed by atoms with van der Waals surface area (Å²) in [5.74, 6) is 0.0768. The van der Waals surface area contributed by atoms with Gasteiger partial charge in [0.1, 0.15) is 11.2 Å². The lowest BCUT2D eigenvalue weighted by Gasteiger charge is -2.24. The Labute approximate surface area is 173 Å². The number of amides is 1. The number of aromatic nitrogens is 2. The van der Waals surface area contributed by atoms with Gasteiger partial charge >= 0.3 is 0 Å². The van der Waals surface area contributed by atoms with Crippen LogP contribution >= 0.6 is 0 Å². The van der Waals surface area contributed by atoms with E-state index < -0.39 is 10.0 Å². The third-order valence-corrected chi connectivity index (χ3v) is 7.33. The van der Waals surface area contributed by atoms with Gasteiger partial charge in [0, 0.05) is 12.1 Å². The van der Waals surface area contributed by atoms with Crippen molar-refractivity contribution in [2.45, 2.75) is 64.4 Å². The van der Waals surface area contributed by atoms with Gasteiger partial charge in [0.25, 0.3) is 5.91 Å². The fraction of sp³-hybridized carbons (Fsp3) is 0.524. The molecule has 158 valence electrons. The Morgan fingerprint density at radius 1 is 1.28 bits per heavy atom. The summed E-state index contributed by atoms with van der Waals surface area (Å²) in [4.78, 5) is 17.6. The molecule has 0 bridgehead atoms. The van der Waals surface area contributed by atoms with E-state index in [1.54, 1.807) is 35.2 Å². The Kier molecular flexibility index (Phi) is 5.87. The van der Waals surface area contributed by atoms with Crippen molar-refractivity contribution in [3.63, 3.8) is 0 Å². The molecule has 0 spiro atoms. The van der Waals surface area contributed by atoms with E-state index in [2.05, 4.69) is 24.1 Å². The number of hydrogen-bond donors (Lipinski definition) is 1. The number of nitrogens with zero attached hydrogens (tertiary/aromatic N) is 3. The molecule has 0 atom stereocenters. The van der Waals surface area contributed by atoms with Crippen molar-refractivity contribution in [3.05, 3.63) is 42.0 Å². The molecule has 1 aliphatic heterocycles. The van der Waals surface area contributed by atoms with Gasteiger partial charge in [-0.25, -0.2) is 13.4 Å². The number of carbonyl (C=O) groups is 1. The lowest BCUT2D eigenvalue weighted by Crippen LogP contribution is -2.43. The van der Waals surface area contributed by atoms with Crippen LogP contribution in [0, 0.1) is 5.92 Å². The fourth-order valence-corrected chi connectivity index (χ4v) is 4.84. The maximum Gasteiger partial charge on any atom is 0.272 e. The highest BCUT2D eigenvalue weighted by Gasteiger charge is 2.35. The van der Waals surface area contributed by atoms with Crippen LogP contribution in [-0.2, 0) is 16.6 Å². The summed E-state index contributed by atoms with van der Waals surface area (Å²) < 4.78 is 29.9. The number of para-hydroxylation sites is 1. The topological polar surface area (TPSA) is 84.3 Å². The highest BCUT2D eigenvalue weighted by Crippen LogP contribution is 2.31. The fourth-order valence-electron chi connectivity index (χ4n) is 3.24. The van der Waals surface area contributed by atoms with Gasteiger partial charge in [-0.3, -0.25) is 9.36 Å². The number of fused-ring (bicyclic) bond motifs is 3. The first kappa shape index (κ1) is 21.5. The Morgan fingerprint density at radius 3 is 2.62 bits per heavy atom. The molecule has 2 aromatic rings. The van der Waals surface area contributed by atoms with Crippen molar-refractivity contribution in [1.29, 1.82) is 0 Å². The highest BCUT2D eigenvalue weighted by atomic mass is 32.2. The van der Waals surface area contributed by atoms with Gasteiger partial charge in [-0.2, -0.15) is 4.31 Å². The smallest absolute Gasteiger partial charge is 0.272 e. The van der Waals surface area contributed by atoms with Crippen LogP contribution in [0.25, 0.3) is 5.69 Å². The molecule has 0 saturated heterocycles. The molecule has 0 radical (unpaired) electrons. The second-order valence-electron chi connectivity index (χ2n) is 8.59.